The molecule has 2 nitrogen and oxygen atoms in total. The zero-order valence-corrected chi connectivity index (χ0v) is 9.76. The maximum absolute atomic E-state index is 9.94. The minimum atomic E-state index is 0.361. The highest BCUT2D eigenvalue weighted by Crippen LogP contribution is 2.22. The molecule has 0 heterocycles. The van der Waals surface area contributed by atoms with Gasteiger partial charge < -0.3 is 10.8 Å². The molecule has 0 aliphatic heterocycles. The molecular weight excluding hydrogens is 210 g/mol. The van der Waals surface area contributed by atoms with Crippen molar-refractivity contribution in [3.63, 3.8) is 0 Å². The lowest BCUT2D eigenvalue weighted by molar-refractivity contribution is 0.468. The number of phenols is 1. The second-order valence-electron chi connectivity index (χ2n) is 4.16. The van der Waals surface area contributed by atoms with E-state index in [-0.39, 0.29) is 0 Å². The summed E-state index contributed by atoms with van der Waals surface area (Å²) in [5, 5.41) is 9.94. The summed E-state index contributed by atoms with van der Waals surface area (Å²) in [6.07, 6.45) is 1.56. The predicted molar refractivity (Wildman–Crippen MR) is 70.1 cm³/mol. The van der Waals surface area contributed by atoms with Gasteiger partial charge in [-0.25, -0.2) is 0 Å². The van der Waals surface area contributed by atoms with E-state index in [2.05, 4.69) is 12.1 Å². The van der Waals surface area contributed by atoms with Crippen molar-refractivity contribution in [2.75, 3.05) is 6.54 Å². The predicted octanol–water partition coefficient (Wildman–Crippen LogP) is 2.48. The Morgan fingerprint density at radius 3 is 2.35 bits per heavy atom. The van der Waals surface area contributed by atoms with Gasteiger partial charge in [0.2, 0.25) is 0 Å². The third-order valence-electron chi connectivity index (χ3n) is 2.82. The van der Waals surface area contributed by atoms with Crippen molar-refractivity contribution in [3.05, 3.63) is 65.2 Å². The molecule has 0 bridgehead atoms. The average Bonchev–Trinajstić information content (AvgIpc) is 2.34. The third kappa shape index (κ3) is 3.08. The Kier molecular flexibility index (Phi) is 3.78. The van der Waals surface area contributed by atoms with Crippen LogP contribution in [0.3, 0.4) is 0 Å². The Hall–Kier alpha value is -1.80. The molecule has 0 aliphatic rings. The first kappa shape index (κ1) is 11.7. The topological polar surface area (TPSA) is 46.2 Å². The van der Waals surface area contributed by atoms with Crippen molar-refractivity contribution in [2.45, 2.75) is 12.8 Å². The number of hydrogen-bond acceptors (Lipinski definition) is 2. The molecule has 88 valence electrons. The summed E-state index contributed by atoms with van der Waals surface area (Å²) in [6.45, 7) is 0.609. The first-order valence-corrected chi connectivity index (χ1v) is 5.84. The van der Waals surface area contributed by atoms with Gasteiger partial charge in [-0.1, -0.05) is 42.5 Å². The number of rotatable bonds is 4. The number of nitrogens with two attached hydrogens (primary N) is 1. The van der Waals surface area contributed by atoms with Gasteiger partial charge in [0.15, 0.2) is 0 Å². The molecule has 0 saturated carbocycles. The minimum Gasteiger partial charge on any atom is -0.508 e. The number of phenolic OH excluding ortho intramolecular Hbond substituents is 1. The fraction of sp³-hybridized carbons (Fsp3) is 0.200. The third-order valence-corrected chi connectivity index (χ3v) is 2.82. The van der Waals surface area contributed by atoms with Crippen molar-refractivity contribution in [1.82, 2.24) is 0 Å². The molecule has 2 rings (SSSR count). The lowest BCUT2D eigenvalue weighted by Crippen LogP contribution is -2.02. The molecule has 0 unspecified atom stereocenters. The SMILES string of the molecule is NCCc1ccc(Cc2ccccc2)c(O)c1. The van der Waals surface area contributed by atoms with E-state index in [1.807, 2.05) is 36.4 Å². The van der Waals surface area contributed by atoms with Crippen LogP contribution in [0.1, 0.15) is 16.7 Å². The molecule has 2 heteroatoms. The van der Waals surface area contributed by atoms with Crippen LogP contribution < -0.4 is 5.73 Å². The monoisotopic (exact) mass is 227 g/mol. The normalized spacial score (nSPS) is 10.4. The Bertz CT molecular complexity index is 480. The Morgan fingerprint density at radius 1 is 0.941 bits per heavy atom. The molecule has 0 aliphatic carbocycles. The van der Waals surface area contributed by atoms with Gasteiger partial charge in [-0.2, -0.15) is 0 Å². The fourth-order valence-corrected chi connectivity index (χ4v) is 1.90. The maximum atomic E-state index is 9.94. The lowest BCUT2D eigenvalue weighted by atomic mass is 10.0. The van der Waals surface area contributed by atoms with E-state index in [1.54, 1.807) is 0 Å². The largest absolute Gasteiger partial charge is 0.508 e. The van der Waals surface area contributed by atoms with Gasteiger partial charge in [-0.05, 0) is 35.7 Å². The van der Waals surface area contributed by atoms with Gasteiger partial charge in [0, 0.05) is 6.42 Å². The van der Waals surface area contributed by atoms with Gasteiger partial charge >= 0.3 is 0 Å². The molecule has 0 aromatic heterocycles. The van der Waals surface area contributed by atoms with Crippen LogP contribution in [0, 0.1) is 0 Å². The quantitative estimate of drug-likeness (QED) is 0.843. The second kappa shape index (κ2) is 5.51. The van der Waals surface area contributed by atoms with Crippen LogP contribution >= 0.6 is 0 Å². The number of aromatic hydroxyl groups is 1. The summed E-state index contributed by atoms with van der Waals surface area (Å²) in [5.74, 6) is 0.361. The van der Waals surface area contributed by atoms with Crippen LogP contribution in [0.2, 0.25) is 0 Å². The van der Waals surface area contributed by atoms with Crippen LogP contribution in [-0.4, -0.2) is 11.7 Å². The van der Waals surface area contributed by atoms with E-state index in [9.17, 15) is 5.11 Å². The lowest BCUT2D eigenvalue weighted by Gasteiger charge is -2.07. The number of hydrogen-bond donors (Lipinski definition) is 2. The zero-order chi connectivity index (χ0) is 12.1. The zero-order valence-electron chi connectivity index (χ0n) is 9.76. The van der Waals surface area contributed by atoms with Crippen LogP contribution in [0.15, 0.2) is 48.5 Å². The van der Waals surface area contributed by atoms with E-state index in [0.717, 1.165) is 24.0 Å². The van der Waals surface area contributed by atoms with Crippen molar-refractivity contribution in [1.29, 1.82) is 0 Å². The first-order valence-electron chi connectivity index (χ1n) is 5.84. The molecule has 2 aromatic carbocycles. The highest BCUT2D eigenvalue weighted by Gasteiger charge is 2.03. The molecule has 0 spiro atoms. The van der Waals surface area contributed by atoms with Gasteiger partial charge in [0.1, 0.15) is 5.75 Å². The smallest absolute Gasteiger partial charge is 0.119 e. The van der Waals surface area contributed by atoms with Crippen LogP contribution in [0.25, 0.3) is 0 Å². The summed E-state index contributed by atoms with van der Waals surface area (Å²) >= 11 is 0. The molecule has 0 amide bonds. The molecule has 2 aromatic rings. The molecule has 0 fully saturated rings. The van der Waals surface area contributed by atoms with E-state index in [1.165, 1.54) is 5.56 Å². The van der Waals surface area contributed by atoms with Crippen LogP contribution in [-0.2, 0) is 12.8 Å². The van der Waals surface area contributed by atoms with Gasteiger partial charge in [0.05, 0.1) is 0 Å². The van der Waals surface area contributed by atoms with Gasteiger partial charge in [0.25, 0.3) is 0 Å². The van der Waals surface area contributed by atoms with E-state index < -0.39 is 0 Å². The summed E-state index contributed by atoms with van der Waals surface area (Å²) in [7, 11) is 0. The highest BCUT2D eigenvalue weighted by molar-refractivity contribution is 5.39. The standard InChI is InChI=1S/C15H17NO/c16-9-8-13-6-7-14(15(17)11-13)10-12-4-2-1-3-5-12/h1-7,11,17H,8-10,16H2. The summed E-state index contributed by atoms with van der Waals surface area (Å²) in [5.41, 5.74) is 8.73. The summed E-state index contributed by atoms with van der Waals surface area (Å²) < 4.78 is 0. The highest BCUT2D eigenvalue weighted by atomic mass is 16.3. The average molecular weight is 227 g/mol. The molecular formula is C15H17NO. The van der Waals surface area contributed by atoms with E-state index in [4.69, 9.17) is 5.73 Å². The molecule has 0 radical (unpaired) electrons. The molecule has 3 N–H and O–H groups in total. The van der Waals surface area contributed by atoms with Crippen molar-refractivity contribution >= 4 is 0 Å². The van der Waals surface area contributed by atoms with Crippen molar-refractivity contribution in [2.24, 2.45) is 5.73 Å². The van der Waals surface area contributed by atoms with E-state index >= 15 is 0 Å². The summed E-state index contributed by atoms with van der Waals surface area (Å²) in [4.78, 5) is 0. The second-order valence-corrected chi connectivity index (χ2v) is 4.16. The first-order chi connectivity index (χ1) is 8.29. The van der Waals surface area contributed by atoms with Crippen molar-refractivity contribution < 1.29 is 5.11 Å². The Balaban J connectivity index is 2.17. The van der Waals surface area contributed by atoms with Gasteiger partial charge in [-0.3, -0.25) is 0 Å². The van der Waals surface area contributed by atoms with Crippen LogP contribution in [0.5, 0.6) is 5.75 Å². The minimum absolute atomic E-state index is 0.361. The van der Waals surface area contributed by atoms with Gasteiger partial charge in [-0.15, -0.1) is 0 Å². The van der Waals surface area contributed by atoms with E-state index in [0.29, 0.717) is 12.3 Å². The Morgan fingerprint density at radius 2 is 1.71 bits per heavy atom. The Labute approximate surface area is 102 Å². The fourth-order valence-electron chi connectivity index (χ4n) is 1.90. The number of benzene rings is 2. The summed E-state index contributed by atoms with van der Waals surface area (Å²) in [6, 6.07) is 16.0. The van der Waals surface area contributed by atoms with Crippen LogP contribution in [0.4, 0.5) is 0 Å². The molecule has 0 atom stereocenters. The molecule has 17 heavy (non-hydrogen) atoms. The van der Waals surface area contributed by atoms with Crippen molar-refractivity contribution in [3.8, 4) is 5.75 Å². The maximum Gasteiger partial charge on any atom is 0.119 e. The molecule has 0 saturated heterocycles.